The molecule has 0 aliphatic heterocycles. The number of amides is 1. The molecule has 1 aromatic heterocycles. The zero-order chi connectivity index (χ0) is 21.5. The molecule has 0 saturated heterocycles. The van der Waals surface area contributed by atoms with Crippen LogP contribution < -0.4 is 10.2 Å². The predicted molar refractivity (Wildman–Crippen MR) is 122 cm³/mol. The number of benzene rings is 3. The van der Waals surface area contributed by atoms with Crippen molar-refractivity contribution < 1.29 is 9.53 Å². The average molecular weight is 410 g/mol. The van der Waals surface area contributed by atoms with Crippen LogP contribution in [0.4, 0.5) is 0 Å². The van der Waals surface area contributed by atoms with Crippen molar-refractivity contribution in [1.29, 1.82) is 0 Å². The van der Waals surface area contributed by atoms with Gasteiger partial charge >= 0.3 is 0 Å². The molecule has 6 heteroatoms. The van der Waals surface area contributed by atoms with E-state index in [0.29, 0.717) is 17.9 Å². The van der Waals surface area contributed by atoms with Gasteiger partial charge in [-0.15, -0.1) is 0 Å². The second kappa shape index (κ2) is 9.54. The number of carbonyl (C=O) groups is 1. The minimum absolute atomic E-state index is 0.336. The van der Waals surface area contributed by atoms with Crippen LogP contribution in [0.2, 0.25) is 0 Å². The minimum Gasteiger partial charge on any atom is -0.493 e. The molecule has 1 N–H and O–H groups in total. The summed E-state index contributed by atoms with van der Waals surface area (Å²) in [5.41, 5.74) is 6.49. The lowest BCUT2D eigenvalue weighted by Gasteiger charge is -2.08. The zero-order valence-corrected chi connectivity index (χ0v) is 17.1. The Morgan fingerprint density at radius 2 is 1.68 bits per heavy atom. The first-order valence-electron chi connectivity index (χ1n) is 10.0. The standard InChI is InChI=1S/C25H22N4O2/c1-2-31-23-16-10-9-15-22(23)25(30)27-26-17-20-18-29(21-13-7-4-8-14-21)28-24(20)19-11-5-3-6-12-19/h3-18H,2H2,1H3,(H,27,30)/b26-17-. The van der Waals surface area contributed by atoms with Gasteiger partial charge < -0.3 is 4.74 Å². The Labute approximate surface area is 180 Å². The topological polar surface area (TPSA) is 68.5 Å². The average Bonchev–Trinajstić information content (AvgIpc) is 3.25. The number of nitrogens with one attached hydrogen (secondary N) is 1. The van der Waals surface area contributed by atoms with Gasteiger partial charge in [-0.2, -0.15) is 10.2 Å². The molecule has 154 valence electrons. The van der Waals surface area contributed by atoms with Crippen LogP contribution in [0.1, 0.15) is 22.8 Å². The van der Waals surface area contributed by atoms with Gasteiger partial charge in [0, 0.05) is 17.3 Å². The molecule has 31 heavy (non-hydrogen) atoms. The van der Waals surface area contributed by atoms with Crippen LogP contribution in [-0.2, 0) is 0 Å². The molecule has 6 nitrogen and oxygen atoms in total. The van der Waals surface area contributed by atoms with E-state index in [2.05, 4.69) is 10.5 Å². The molecule has 0 saturated carbocycles. The third kappa shape index (κ3) is 4.70. The lowest BCUT2D eigenvalue weighted by atomic mass is 10.1. The van der Waals surface area contributed by atoms with Crippen LogP contribution in [0.5, 0.6) is 5.75 Å². The quantitative estimate of drug-likeness (QED) is 0.355. The summed E-state index contributed by atoms with van der Waals surface area (Å²) in [5, 5.41) is 8.92. The number of hydrogen-bond donors (Lipinski definition) is 1. The van der Waals surface area contributed by atoms with Gasteiger partial charge in [0.25, 0.3) is 5.91 Å². The smallest absolute Gasteiger partial charge is 0.275 e. The maximum atomic E-state index is 12.6. The van der Waals surface area contributed by atoms with Crippen molar-refractivity contribution >= 4 is 12.1 Å². The zero-order valence-electron chi connectivity index (χ0n) is 17.1. The number of hydrogen-bond acceptors (Lipinski definition) is 4. The van der Waals surface area contributed by atoms with E-state index in [9.17, 15) is 4.79 Å². The molecule has 4 rings (SSSR count). The maximum Gasteiger partial charge on any atom is 0.275 e. The molecule has 0 fully saturated rings. The summed E-state index contributed by atoms with van der Waals surface area (Å²) < 4.78 is 7.33. The largest absolute Gasteiger partial charge is 0.493 e. The first kappa shape index (κ1) is 20.1. The van der Waals surface area contributed by atoms with E-state index in [0.717, 1.165) is 22.5 Å². The van der Waals surface area contributed by atoms with Gasteiger partial charge in [0.15, 0.2) is 0 Å². The first-order valence-corrected chi connectivity index (χ1v) is 10.0. The van der Waals surface area contributed by atoms with Crippen LogP contribution in [-0.4, -0.2) is 28.5 Å². The van der Waals surface area contributed by atoms with Crippen molar-refractivity contribution in [3.8, 4) is 22.7 Å². The van der Waals surface area contributed by atoms with Gasteiger partial charge in [-0.25, -0.2) is 10.1 Å². The number of hydrazone groups is 1. The molecule has 1 heterocycles. The van der Waals surface area contributed by atoms with Crippen molar-refractivity contribution in [2.24, 2.45) is 5.10 Å². The number of ether oxygens (including phenoxy) is 1. The molecule has 0 spiro atoms. The van der Waals surface area contributed by atoms with Crippen molar-refractivity contribution in [3.63, 3.8) is 0 Å². The highest BCUT2D eigenvalue weighted by Crippen LogP contribution is 2.22. The number of rotatable bonds is 7. The van der Waals surface area contributed by atoms with Gasteiger partial charge in [0.2, 0.25) is 0 Å². The second-order valence-corrected chi connectivity index (χ2v) is 6.71. The summed E-state index contributed by atoms with van der Waals surface area (Å²) in [6.45, 7) is 2.36. The highest BCUT2D eigenvalue weighted by Gasteiger charge is 2.13. The normalized spacial score (nSPS) is 10.9. The van der Waals surface area contributed by atoms with Gasteiger partial charge in [0.1, 0.15) is 11.4 Å². The third-order valence-electron chi connectivity index (χ3n) is 4.61. The fourth-order valence-electron chi connectivity index (χ4n) is 3.17. The van der Waals surface area contributed by atoms with Crippen molar-refractivity contribution in [3.05, 3.63) is 102 Å². The van der Waals surface area contributed by atoms with Crippen LogP contribution in [0.3, 0.4) is 0 Å². The van der Waals surface area contributed by atoms with E-state index in [1.807, 2.05) is 79.9 Å². The molecule has 1 amide bonds. The lowest BCUT2D eigenvalue weighted by Crippen LogP contribution is -2.18. The Bertz CT molecular complexity index is 1180. The molecule has 0 aliphatic rings. The lowest BCUT2D eigenvalue weighted by molar-refractivity contribution is 0.0951. The molecule has 0 unspecified atom stereocenters. The van der Waals surface area contributed by atoms with E-state index in [-0.39, 0.29) is 5.91 Å². The van der Waals surface area contributed by atoms with Crippen LogP contribution in [0.15, 0.2) is 96.2 Å². The summed E-state index contributed by atoms with van der Waals surface area (Å²) in [6, 6.07) is 26.8. The number of carbonyl (C=O) groups excluding carboxylic acids is 1. The Morgan fingerprint density at radius 1 is 1.00 bits per heavy atom. The van der Waals surface area contributed by atoms with Crippen molar-refractivity contribution in [2.75, 3.05) is 6.61 Å². The van der Waals surface area contributed by atoms with Crippen LogP contribution >= 0.6 is 0 Å². The molecule has 0 atom stereocenters. The van der Waals surface area contributed by atoms with E-state index >= 15 is 0 Å². The van der Waals surface area contributed by atoms with Gasteiger partial charge in [-0.3, -0.25) is 4.79 Å². The summed E-state index contributed by atoms with van der Waals surface area (Å²) in [6.07, 6.45) is 3.50. The Morgan fingerprint density at radius 3 is 2.42 bits per heavy atom. The predicted octanol–water partition coefficient (Wildman–Crippen LogP) is 4.70. The summed E-state index contributed by atoms with van der Waals surface area (Å²) in [7, 11) is 0. The summed E-state index contributed by atoms with van der Waals surface area (Å²) >= 11 is 0. The summed E-state index contributed by atoms with van der Waals surface area (Å²) in [5.74, 6) is 0.191. The van der Waals surface area contributed by atoms with E-state index in [1.54, 1.807) is 29.1 Å². The van der Waals surface area contributed by atoms with E-state index in [4.69, 9.17) is 9.84 Å². The van der Waals surface area contributed by atoms with Crippen LogP contribution in [0, 0.1) is 0 Å². The van der Waals surface area contributed by atoms with Crippen molar-refractivity contribution in [1.82, 2.24) is 15.2 Å². The fraction of sp³-hybridized carbons (Fsp3) is 0.0800. The second-order valence-electron chi connectivity index (χ2n) is 6.71. The highest BCUT2D eigenvalue weighted by molar-refractivity contribution is 5.98. The fourth-order valence-corrected chi connectivity index (χ4v) is 3.17. The Kier molecular flexibility index (Phi) is 6.18. The minimum atomic E-state index is -0.336. The monoisotopic (exact) mass is 410 g/mol. The van der Waals surface area contributed by atoms with E-state index in [1.165, 1.54) is 0 Å². The molecule has 0 bridgehead atoms. The molecule has 0 aliphatic carbocycles. The number of aromatic nitrogens is 2. The molecule has 4 aromatic rings. The molecule has 3 aromatic carbocycles. The summed E-state index contributed by atoms with van der Waals surface area (Å²) in [4.78, 5) is 12.6. The molecule has 0 radical (unpaired) electrons. The maximum absolute atomic E-state index is 12.6. The Balaban J connectivity index is 1.61. The van der Waals surface area contributed by atoms with Crippen LogP contribution in [0.25, 0.3) is 16.9 Å². The number of nitrogens with zero attached hydrogens (tertiary/aromatic N) is 3. The van der Waals surface area contributed by atoms with Gasteiger partial charge in [-0.1, -0.05) is 60.7 Å². The SMILES string of the molecule is CCOc1ccccc1C(=O)N/N=C\c1cn(-c2ccccc2)nc1-c1ccccc1. The third-order valence-corrected chi connectivity index (χ3v) is 4.61. The van der Waals surface area contributed by atoms with E-state index < -0.39 is 0 Å². The molecular weight excluding hydrogens is 388 g/mol. The Hall–Kier alpha value is -4.19. The number of para-hydroxylation sites is 2. The molecular formula is C25H22N4O2. The highest BCUT2D eigenvalue weighted by atomic mass is 16.5. The first-order chi connectivity index (χ1) is 15.3. The van der Waals surface area contributed by atoms with Gasteiger partial charge in [-0.05, 0) is 31.2 Å². The van der Waals surface area contributed by atoms with Crippen molar-refractivity contribution in [2.45, 2.75) is 6.92 Å². The van der Waals surface area contributed by atoms with Gasteiger partial charge in [0.05, 0.1) is 24.1 Å².